The molecule has 256 valence electrons. The maximum absolute atomic E-state index is 6.66. The molecule has 2 heterocycles. The molecule has 0 atom stereocenters. The zero-order chi connectivity index (χ0) is 36.3. The van der Waals surface area contributed by atoms with Crippen molar-refractivity contribution in [2.24, 2.45) is 0 Å². The lowest BCUT2D eigenvalue weighted by Gasteiger charge is -2.12. The predicted molar refractivity (Wildman–Crippen MR) is 227 cm³/mol. The molecule has 2 aromatic heterocycles. The highest BCUT2D eigenvalue weighted by Gasteiger charge is 2.20. The summed E-state index contributed by atoms with van der Waals surface area (Å²) in [6.45, 7) is 0. The summed E-state index contributed by atoms with van der Waals surface area (Å²) in [6, 6.07) is 65.7. The van der Waals surface area contributed by atoms with Crippen molar-refractivity contribution in [3.05, 3.63) is 188 Å². The second-order valence-corrected chi connectivity index (χ2v) is 14.0. The Morgan fingerprint density at radius 2 is 0.818 bits per heavy atom. The molecule has 0 saturated heterocycles. The fraction of sp³-hybridized carbons (Fsp3) is 0. The zero-order valence-electron chi connectivity index (χ0n) is 29.6. The Morgan fingerprint density at radius 1 is 0.291 bits per heavy atom. The number of fused-ring (bicyclic) bond motifs is 7. The molecule has 0 fully saturated rings. The molecule has 4 nitrogen and oxygen atoms in total. The van der Waals surface area contributed by atoms with E-state index < -0.39 is 0 Å². The lowest BCUT2D eigenvalue weighted by atomic mass is 9.96. The summed E-state index contributed by atoms with van der Waals surface area (Å²) in [7, 11) is 0. The topological polar surface area (TPSA) is 51.8 Å². The van der Waals surface area contributed by atoms with Gasteiger partial charge in [-0.25, -0.2) is 15.0 Å². The number of nitrogens with zero attached hydrogens (tertiary/aromatic N) is 3. The fourth-order valence-electron chi connectivity index (χ4n) is 8.04. The van der Waals surface area contributed by atoms with E-state index in [1.807, 2.05) is 6.07 Å². The van der Waals surface area contributed by atoms with Gasteiger partial charge in [0.25, 0.3) is 0 Å². The Labute approximate surface area is 317 Å². The van der Waals surface area contributed by atoms with Crippen LogP contribution in [0.4, 0.5) is 0 Å². The molecule has 9 aromatic carbocycles. The van der Waals surface area contributed by atoms with Gasteiger partial charge < -0.3 is 4.42 Å². The van der Waals surface area contributed by atoms with E-state index in [0.29, 0.717) is 17.5 Å². The van der Waals surface area contributed by atoms with Gasteiger partial charge in [-0.15, -0.1) is 0 Å². The first-order chi connectivity index (χ1) is 27.2. The highest BCUT2D eigenvalue weighted by Crippen LogP contribution is 2.42. The van der Waals surface area contributed by atoms with Crippen molar-refractivity contribution in [1.82, 2.24) is 15.0 Å². The summed E-state index contributed by atoms with van der Waals surface area (Å²) in [4.78, 5) is 15.7. The van der Waals surface area contributed by atoms with E-state index in [1.165, 1.54) is 16.3 Å². The number of aromatic nitrogens is 3. The molecular formula is C51H31N3O. The molecule has 11 rings (SSSR count). The predicted octanol–water partition coefficient (Wildman–Crippen LogP) is 13.6. The first kappa shape index (κ1) is 31.1. The van der Waals surface area contributed by atoms with E-state index in [4.69, 9.17) is 19.4 Å². The Morgan fingerprint density at radius 3 is 1.56 bits per heavy atom. The number of hydrogen-bond donors (Lipinski definition) is 0. The van der Waals surface area contributed by atoms with Crippen LogP contribution >= 0.6 is 0 Å². The van der Waals surface area contributed by atoms with E-state index in [0.717, 1.165) is 76.9 Å². The number of hydrogen-bond acceptors (Lipinski definition) is 4. The van der Waals surface area contributed by atoms with Crippen LogP contribution in [0.15, 0.2) is 192 Å². The molecule has 0 unspecified atom stereocenters. The van der Waals surface area contributed by atoms with Crippen LogP contribution in [0, 0.1) is 0 Å². The van der Waals surface area contributed by atoms with Crippen LogP contribution in [0.5, 0.6) is 0 Å². The molecule has 0 spiro atoms. The van der Waals surface area contributed by atoms with Gasteiger partial charge in [0.15, 0.2) is 17.5 Å². The number of furan rings is 1. The monoisotopic (exact) mass is 701 g/mol. The second kappa shape index (κ2) is 12.6. The van der Waals surface area contributed by atoms with Crippen LogP contribution in [0.3, 0.4) is 0 Å². The molecule has 0 N–H and O–H groups in total. The van der Waals surface area contributed by atoms with E-state index in [9.17, 15) is 0 Å². The van der Waals surface area contributed by atoms with E-state index >= 15 is 0 Å². The van der Waals surface area contributed by atoms with Crippen molar-refractivity contribution in [3.63, 3.8) is 0 Å². The average Bonchev–Trinajstić information content (AvgIpc) is 3.64. The van der Waals surface area contributed by atoms with Gasteiger partial charge in [-0.3, -0.25) is 0 Å². The Bertz CT molecular complexity index is 3250. The van der Waals surface area contributed by atoms with Crippen molar-refractivity contribution in [3.8, 4) is 56.4 Å². The van der Waals surface area contributed by atoms with Crippen molar-refractivity contribution >= 4 is 54.3 Å². The third-order valence-electron chi connectivity index (χ3n) is 10.7. The first-order valence-electron chi connectivity index (χ1n) is 18.5. The third-order valence-corrected chi connectivity index (χ3v) is 10.7. The lowest BCUT2D eigenvalue weighted by molar-refractivity contribution is 0.673. The highest BCUT2D eigenvalue weighted by atomic mass is 16.3. The Kier molecular flexibility index (Phi) is 7.14. The van der Waals surface area contributed by atoms with Crippen molar-refractivity contribution in [1.29, 1.82) is 0 Å². The summed E-state index contributed by atoms with van der Waals surface area (Å²) >= 11 is 0. The molecule has 4 heteroatoms. The summed E-state index contributed by atoms with van der Waals surface area (Å²) in [5.41, 5.74) is 9.13. The normalized spacial score (nSPS) is 11.6. The summed E-state index contributed by atoms with van der Waals surface area (Å²) in [6.07, 6.45) is 0. The summed E-state index contributed by atoms with van der Waals surface area (Å²) in [5, 5.41) is 8.76. The van der Waals surface area contributed by atoms with Gasteiger partial charge in [0.2, 0.25) is 0 Å². The maximum atomic E-state index is 6.66. The third kappa shape index (κ3) is 5.26. The second-order valence-electron chi connectivity index (χ2n) is 14.0. The van der Waals surface area contributed by atoms with Crippen molar-refractivity contribution < 1.29 is 4.42 Å². The van der Waals surface area contributed by atoms with E-state index in [2.05, 4.69) is 182 Å². The number of benzene rings is 9. The highest BCUT2D eigenvalue weighted by molar-refractivity contribution is 6.19. The van der Waals surface area contributed by atoms with Crippen LogP contribution in [-0.4, -0.2) is 15.0 Å². The van der Waals surface area contributed by atoms with Gasteiger partial charge in [-0.05, 0) is 67.4 Å². The van der Waals surface area contributed by atoms with Gasteiger partial charge in [0, 0.05) is 32.8 Å². The molecule has 0 amide bonds. The molecule has 0 aliphatic heterocycles. The smallest absolute Gasteiger partial charge is 0.164 e. The SMILES string of the molecule is c1ccc(-c2ccc(-c3nc(-c4cccc5ccccc45)nc(-c4cc5c6cc(-c7cccc8ccccc78)ccc6oc5c5ccccc45)n3)cc2)cc1. The maximum Gasteiger partial charge on any atom is 0.164 e. The Hall–Kier alpha value is -7.43. The minimum Gasteiger partial charge on any atom is -0.455 e. The van der Waals surface area contributed by atoms with Gasteiger partial charge in [-0.2, -0.15) is 0 Å². The quantitative estimate of drug-likeness (QED) is 0.179. The molecule has 0 saturated carbocycles. The van der Waals surface area contributed by atoms with Crippen LogP contribution in [0.1, 0.15) is 0 Å². The van der Waals surface area contributed by atoms with E-state index in [-0.39, 0.29) is 0 Å². The molecular weight excluding hydrogens is 671 g/mol. The standard InChI is InChI=1S/C51H31N3O/c1-2-12-32(13-3-1)33-24-26-36(27-25-33)49-52-50(43-23-11-17-35-15-5-7-19-39(35)43)54-51(53-49)46-31-45-44-30-37(40-22-10-16-34-14-4-6-18-38(34)40)28-29-47(44)55-48(45)42-21-9-8-20-41(42)46/h1-31H. The fourth-order valence-corrected chi connectivity index (χ4v) is 8.04. The summed E-state index contributed by atoms with van der Waals surface area (Å²) < 4.78 is 6.66. The first-order valence-corrected chi connectivity index (χ1v) is 18.5. The lowest BCUT2D eigenvalue weighted by Crippen LogP contribution is -2.01. The van der Waals surface area contributed by atoms with Crippen LogP contribution < -0.4 is 0 Å². The van der Waals surface area contributed by atoms with Crippen LogP contribution in [0.25, 0.3) is 111 Å². The van der Waals surface area contributed by atoms with Crippen molar-refractivity contribution in [2.45, 2.75) is 0 Å². The molecule has 55 heavy (non-hydrogen) atoms. The molecule has 0 aliphatic carbocycles. The van der Waals surface area contributed by atoms with Gasteiger partial charge >= 0.3 is 0 Å². The Balaban J connectivity index is 1.15. The minimum absolute atomic E-state index is 0.609. The van der Waals surface area contributed by atoms with Crippen LogP contribution in [0.2, 0.25) is 0 Å². The van der Waals surface area contributed by atoms with Crippen LogP contribution in [-0.2, 0) is 0 Å². The molecule has 11 aromatic rings. The van der Waals surface area contributed by atoms with Crippen molar-refractivity contribution in [2.75, 3.05) is 0 Å². The largest absolute Gasteiger partial charge is 0.455 e. The minimum atomic E-state index is 0.609. The molecule has 0 aliphatic rings. The summed E-state index contributed by atoms with van der Waals surface area (Å²) in [5.74, 6) is 1.85. The average molecular weight is 702 g/mol. The van der Waals surface area contributed by atoms with Gasteiger partial charge in [-0.1, -0.05) is 170 Å². The van der Waals surface area contributed by atoms with E-state index in [1.54, 1.807) is 0 Å². The zero-order valence-corrected chi connectivity index (χ0v) is 29.6. The van der Waals surface area contributed by atoms with Gasteiger partial charge in [0.05, 0.1) is 0 Å². The molecule has 0 bridgehead atoms. The number of rotatable bonds is 5. The van der Waals surface area contributed by atoms with Gasteiger partial charge in [0.1, 0.15) is 11.2 Å². The molecule has 0 radical (unpaired) electrons.